The van der Waals surface area contributed by atoms with Gasteiger partial charge in [-0.15, -0.1) is 0 Å². The molecule has 0 spiro atoms. The van der Waals surface area contributed by atoms with Crippen LogP contribution < -0.4 is 10.2 Å². The lowest BCUT2D eigenvalue weighted by molar-refractivity contribution is -0.134. The molecule has 0 bridgehead atoms. The third kappa shape index (κ3) is 3.57. The van der Waals surface area contributed by atoms with E-state index in [2.05, 4.69) is 5.32 Å². The lowest BCUT2D eigenvalue weighted by Gasteiger charge is -2.25. The van der Waals surface area contributed by atoms with Crippen LogP contribution in [-0.4, -0.2) is 35.8 Å². The van der Waals surface area contributed by atoms with Crippen LogP contribution >= 0.6 is 23.2 Å². The Hall–Kier alpha value is -2.57. The Labute approximate surface area is 173 Å². The topological polar surface area (TPSA) is 69.7 Å². The van der Waals surface area contributed by atoms with Gasteiger partial charge in [-0.1, -0.05) is 47.5 Å². The highest BCUT2D eigenvalue weighted by Gasteiger charge is 2.50. The summed E-state index contributed by atoms with van der Waals surface area (Å²) in [4.78, 5) is 40.8. The maximum absolute atomic E-state index is 13.0. The number of nitrogens with one attached hydrogen (secondary N) is 1. The minimum atomic E-state index is -1.37. The summed E-state index contributed by atoms with van der Waals surface area (Å²) in [6.07, 6.45) is 0. The number of halogens is 2. The van der Waals surface area contributed by atoms with Crippen LogP contribution in [0.3, 0.4) is 0 Å². The Bertz CT molecular complexity index is 936. The maximum atomic E-state index is 13.0. The molecule has 1 atom stereocenters. The van der Waals surface area contributed by atoms with Gasteiger partial charge in [0.25, 0.3) is 5.91 Å². The number of amides is 4. The zero-order valence-electron chi connectivity index (χ0n) is 15.4. The van der Waals surface area contributed by atoms with Crippen LogP contribution in [0.15, 0.2) is 48.5 Å². The van der Waals surface area contributed by atoms with E-state index in [1.807, 2.05) is 25.1 Å². The van der Waals surface area contributed by atoms with E-state index in [0.29, 0.717) is 22.8 Å². The van der Waals surface area contributed by atoms with Crippen molar-refractivity contribution in [2.24, 2.45) is 0 Å². The summed E-state index contributed by atoms with van der Waals surface area (Å²) in [6.45, 7) is 3.43. The van der Waals surface area contributed by atoms with Gasteiger partial charge in [0.05, 0.1) is 0 Å². The van der Waals surface area contributed by atoms with Crippen molar-refractivity contribution in [1.29, 1.82) is 0 Å². The van der Waals surface area contributed by atoms with Gasteiger partial charge >= 0.3 is 6.03 Å². The number of benzene rings is 2. The summed E-state index contributed by atoms with van der Waals surface area (Å²) in [5, 5.41) is 3.33. The molecule has 1 aliphatic rings. The number of likely N-dealkylation sites (N-methyl/N-ethyl adjacent to an activating group) is 1. The van der Waals surface area contributed by atoms with Gasteiger partial charge in [-0.05, 0) is 38.1 Å². The molecule has 8 heteroatoms. The molecule has 2 aromatic rings. The quantitative estimate of drug-likeness (QED) is 0.748. The van der Waals surface area contributed by atoms with Gasteiger partial charge in [0.15, 0.2) is 0 Å². The smallest absolute Gasteiger partial charge is 0.319 e. The molecule has 28 heavy (non-hydrogen) atoms. The van der Waals surface area contributed by atoms with E-state index < -0.39 is 17.5 Å². The highest BCUT2D eigenvalue weighted by atomic mass is 35.5. The summed E-state index contributed by atoms with van der Waals surface area (Å²) < 4.78 is 0. The molecular weight excluding hydrogens is 401 g/mol. The largest absolute Gasteiger partial charge is 0.325 e. The predicted molar refractivity (Wildman–Crippen MR) is 109 cm³/mol. The number of rotatable bonds is 5. The maximum Gasteiger partial charge on any atom is 0.325 e. The zero-order valence-corrected chi connectivity index (χ0v) is 16.9. The molecule has 3 rings (SSSR count). The first kappa shape index (κ1) is 20.2. The van der Waals surface area contributed by atoms with Gasteiger partial charge < -0.3 is 10.2 Å². The van der Waals surface area contributed by atoms with Crippen molar-refractivity contribution in [1.82, 2.24) is 10.2 Å². The fraction of sp³-hybridized carbons (Fsp3) is 0.250. The predicted octanol–water partition coefficient (Wildman–Crippen LogP) is 3.81. The van der Waals surface area contributed by atoms with E-state index in [0.717, 1.165) is 4.90 Å². The first-order valence-electron chi connectivity index (χ1n) is 8.73. The van der Waals surface area contributed by atoms with Crippen LogP contribution in [0.2, 0.25) is 10.0 Å². The molecule has 146 valence electrons. The van der Waals surface area contributed by atoms with Crippen LogP contribution in [0.1, 0.15) is 19.4 Å². The third-order valence-electron chi connectivity index (χ3n) is 4.72. The van der Waals surface area contributed by atoms with Gasteiger partial charge in [-0.2, -0.15) is 0 Å². The second-order valence-corrected chi connectivity index (χ2v) is 7.39. The molecule has 0 saturated carbocycles. The number of para-hydroxylation sites is 1. The van der Waals surface area contributed by atoms with Crippen molar-refractivity contribution in [3.8, 4) is 0 Å². The number of hydrogen-bond acceptors (Lipinski definition) is 3. The van der Waals surface area contributed by atoms with Crippen molar-refractivity contribution in [2.75, 3.05) is 18.0 Å². The highest BCUT2D eigenvalue weighted by molar-refractivity contribution is 6.35. The van der Waals surface area contributed by atoms with Crippen molar-refractivity contribution >= 4 is 46.7 Å². The number of carbonyl (C=O) groups excluding carboxylic acids is 3. The first-order valence-corrected chi connectivity index (χ1v) is 9.48. The van der Waals surface area contributed by atoms with Gasteiger partial charge in [-0.25, -0.2) is 4.79 Å². The molecule has 0 radical (unpaired) electrons. The summed E-state index contributed by atoms with van der Waals surface area (Å²) in [7, 11) is 0. The molecule has 0 aliphatic carbocycles. The summed E-state index contributed by atoms with van der Waals surface area (Å²) >= 11 is 12.2. The fourth-order valence-electron chi connectivity index (χ4n) is 3.25. The van der Waals surface area contributed by atoms with E-state index >= 15 is 0 Å². The molecule has 1 unspecified atom stereocenters. The Morgan fingerprint density at radius 2 is 1.82 bits per heavy atom. The molecule has 1 fully saturated rings. The molecule has 1 N–H and O–H groups in total. The van der Waals surface area contributed by atoms with E-state index in [1.54, 1.807) is 31.2 Å². The SMILES string of the molecule is CCN(C(=O)CN1C(=O)NC(C)(c2ccc(Cl)cc2Cl)C1=O)c1ccccc1. The summed E-state index contributed by atoms with van der Waals surface area (Å²) in [5.41, 5.74) is -0.254. The second-order valence-electron chi connectivity index (χ2n) is 6.54. The number of nitrogens with zero attached hydrogens (tertiary/aromatic N) is 2. The monoisotopic (exact) mass is 419 g/mol. The average Bonchev–Trinajstić information content (AvgIpc) is 2.87. The summed E-state index contributed by atoms with van der Waals surface area (Å²) in [5.74, 6) is -0.900. The van der Waals surface area contributed by atoms with E-state index in [9.17, 15) is 14.4 Å². The van der Waals surface area contributed by atoms with Crippen LogP contribution in [0.5, 0.6) is 0 Å². The Balaban J connectivity index is 1.85. The van der Waals surface area contributed by atoms with Crippen LogP contribution in [0.4, 0.5) is 10.5 Å². The summed E-state index contributed by atoms with van der Waals surface area (Å²) in [6, 6.07) is 13.1. The highest BCUT2D eigenvalue weighted by Crippen LogP contribution is 2.35. The van der Waals surface area contributed by atoms with Gasteiger partial charge in [0.1, 0.15) is 12.1 Å². The molecule has 1 saturated heterocycles. The Morgan fingerprint density at radius 3 is 2.43 bits per heavy atom. The number of imide groups is 1. The van der Waals surface area contributed by atoms with Crippen LogP contribution in [0, 0.1) is 0 Å². The molecule has 4 amide bonds. The van der Waals surface area contributed by atoms with Crippen LogP contribution in [-0.2, 0) is 15.1 Å². The second kappa shape index (κ2) is 7.81. The fourth-order valence-corrected chi connectivity index (χ4v) is 3.85. The normalized spacial score (nSPS) is 18.9. The van der Waals surface area contributed by atoms with Crippen molar-refractivity contribution in [3.05, 3.63) is 64.1 Å². The van der Waals surface area contributed by atoms with E-state index in [1.165, 1.54) is 11.0 Å². The number of anilines is 1. The minimum Gasteiger partial charge on any atom is -0.319 e. The standard InChI is InChI=1S/C20H19Cl2N3O3/c1-3-24(14-7-5-4-6-8-14)17(26)12-25-18(27)20(2,23-19(25)28)15-10-9-13(21)11-16(15)22/h4-11H,3,12H2,1-2H3,(H,23,28). The third-order valence-corrected chi connectivity index (χ3v) is 5.27. The molecular formula is C20H19Cl2N3O3. The lowest BCUT2D eigenvalue weighted by atomic mass is 9.92. The van der Waals surface area contributed by atoms with Crippen LogP contribution in [0.25, 0.3) is 0 Å². The van der Waals surface area contributed by atoms with Crippen molar-refractivity contribution in [3.63, 3.8) is 0 Å². The van der Waals surface area contributed by atoms with Gasteiger partial charge in [-0.3, -0.25) is 14.5 Å². The van der Waals surface area contributed by atoms with Gasteiger partial charge in [0.2, 0.25) is 5.91 Å². The van der Waals surface area contributed by atoms with Crippen molar-refractivity contribution in [2.45, 2.75) is 19.4 Å². The molecule has 2 aromatic carbocycles. The Morgan fingerprint density at radius 1 is 1.14 bits per heavy atom. The first-order chi connectivity index (χ1) is 13.3. The number of urea groups is 1. The Kier molecular flexibility index (Phi) is 5.63. The molecule has 1 heterocycles. The van der Waals surface area contributed by atoms with E-state index in [4.69, 9.17) is 23.2 Å². The van der Waals surface area contributed by atoms with Crippen molar-refractivity contribution < 1.29 is 14.4 Å². The lowest BCUT2D eigenvalue weighted by Crippen LogP contribution is -2.44. The molecule has 1 aliphatic heterocycles. The average molecular weight is 420 g/mol. The number of hydrogen-bond donors (Lipinski definition) is 1. The number of carbonyl (C=O) groups is 3. The zero-order chi connectivity index (χ0) is 20.5. The van der Waals surface area contributed by atoms with Gasteiger partial charge in [0, 0.05) is 27.8 Å². The molecule has 6 nitrogen and oxygen atoms in total. The molecule has 0 aromatic heterocycles. The minimum absolute atomic E-state index is 0.260. The van der Waals surface area contributed by atoms with E-state index in [-0.39, 0.29) is 17.5 Å².